The van der Waals surface area contributed by atoms with Crippen LogP contribution in [0.25, 0.3) is 11.3 Å². The van der Waals surface area contributed by atoms with Crippen molar-refractivity contribution in [2.24, 2.45) is 4.99 Å². The van der Waals surface area contributed by atoms with E-state index in [2.05, 4.69) is 74.9 Å². The minimum Gasteiger partial charge on any atom is -0.351 e. The molecule has 3 aromatic rings. The maximum Gasteiger partial charge on any atom is 0.146 e. The van der Waals surface area contributed by atoms with Gasteiger partial charge in [-0.25, -0.2) is 14.4 Å². The minimum atomic E-state index is -0.340. The Hall–Kier alpha value is -2.96. The van der Waals surface area contributed by atoms with Crippen molar-refractivity contribution in [3.8, 4) is 11.3 Å². The SMILES string of the molecule is CC(C)c1cccc(C(C)C)c1N1CN=C(N2C[C@@H](C)NC[C@@H]2C)c2cc(Cl)c(-c3ccccc3F)nc21. The van der Waals surface area contributed by atoms with E-state index >= 15 is 0 Å². The average molecular weight is 534 g/mol. The summed E-state index contributed by atoms with van der Waals surface area (Å²) >= 11 is 6.86. The number of benzene rings is 2. The zero-order chi connectivity index (χ0) is 27.1. The van der Waals surface area contributed by atoms with Gasteiger partial charge in [0.25, 0.3) is 0 Å². The van der Waals surface area contributed by atoms with E-state index in [1.165, 1.54) is 17.2 Å². The van der Waals surface area contributed by atoms with E-state index in [1.807, 2.05) is 12.1 Å². The largest absolute Gasteiger partial charge is 0.351 e. The number of aliphatic imine (C=N–C) groups is 1. The van der Waals surface area contributed by atoms with Crippen molar-refractivity contribution in [2.45, 2.75) is 65.5 Å². The fourth-order valence-electron chi connectivity index (χ4n) is 5.54. The number of nitrogens with one attached hydrogen (secondary N) is 1. The number of pyridine rings is 1. The monoisotopic (exact) mass is 533 g/mol. The van der Waals surface area contributed by atoms with Gasteiger partial charge in [-0.1, -0.05) is 69.6 Å². The van der Waals surface area contributed by atoms with Crippen molar-refractivity contribution in [2.75, 3.05) is 24.7 Å². The molecule has 0 saturated carbocycles. The first kappa shape index (κ1) is 26.6. The highest BCUT2D eigenvalue weighted by Crippen LogP contribution is 2.43. The minimum absolute atomic E-state index is 0.267. The van der Waals surface area contributed by atoms with Crippen LogP contribution < -0.4 is 10.2 Å². The number of para-hydroxylation sites is 1. The van der Waals surface area contributed by atoms with Gasteiger partial charge in [0, 0.05) is 30.7 Å². The van der Waals surface area contributed by atoms with Gasteiger partial charge in [0.2, 0.25) is 0 Å². The van der Waals surface area contributed by atoms with Crippen molar-refractivity contribution in [1.82, 2.24) is 15.2 Å². The summed E-state index contributed by atoms with van der Waals surface area (Å²) in [5.41, 5.74) is 5.36. The second-order valence-corrected chi connectivity index (χ2v) is 11.5. The molecule has 0 spiro atoms. The van der Waals surface area contributed by atoms with Crippen LogP contribution in [0.5, 0.6) is 0 Å². The topological polar surface area (TPSA) is 43.8 Å². The third-order valence-electron chi connectivity index (χ3n) is 7.59. The molecule has 5 nitrogen and oxygen atoms in total. The molecular weight excluding hydrogens is 497 g/mol. The maximum atomic E-state index is 15.0. The van der Waals surface area contributed by atoms with E-state index in [1.54, 1.807) is 12.1 Å². The lowest BCUT2D eigenvalue weighted by Gasteiger charge is -2.42. The Bertz CT molecular complexity index is 1340. The zero-order valence-corrected chi connectivity index (χ0v) is 23.9. The molecule has 0 aliphatic carbocycles. The van der Waals surface area contributed by atoms with Crippen LogP contribution in [0.1, 0.15) is 70.1 Å². The third kappa shape index (κ3) is 4.80. The van der Waals surface area contributed by atoms with Gasteiger partial charge in [-0.15, -0.1) is 0 Å². The molecule has 5 rings (SSSR count). The summed E-state index contributed by atoms with van der Waals surface area (Å²) in [6.45, 7) is 15.4. The van der Waals surface area contributed by atoms with Gasteiger partial charge in [-0.05, 0) is 55.0 Å². The van der Waals surface area contributed by atoms with E-state index in [4.69, 9.17) is 21.6 Å². The fraction of sp³-hybridized carbons (Fsp3) is 0.419. The van der Waals surface area contributed by atoms with Gasteiger partial charge < -0.3 is 15.1 Å². The molecule has 0 unspecified atom stereocenters. The van der Waals surface area contributed by atoms with Crippen molar-refractivity contribution >= 4 is 28.9 Å². The van der Waals surface area contributed by atoms with Crippen LogP contribution in [0.2, 0.25) is 5.02 Å². The first-order chi connectivity index (χ1) is 18.2. The predicted octanol–water partition coefficient (Wildman–Crippen LogP) is 7.33. The standard InChI is InChI=1S/C31H37ClFN5/c1-18(2)22-11-9-12-23(19(3)4)29(22)38-17-35-30(37-16-20(5)34-15-21(37)6)25-14-26(32)28(36-31(25)38)24-10-7-8-13-27(24)33/h7-14,18-21,34H,15-17H2,1-6H3/t20-,21+/m1/s1. The van der Waals surface area contributed by atoms with Crippen LogP contribution in [0, 0.1) is 5.82 Å². The van der Waals surface area contributed by atoms with Crippen molar-refractivity contribution in [1.29, 1.82) is 0 Å². The molecular formula is C31H37ClFN5. The molecule has 38 heavy (non-hydrogen) atoms. The Morgan fingerprint density at radius 3 is 2.32 bits per heavy atom. The van der Waals surface area contributed by atoms with Gasteiger partial charge in [-0.3, -0.25) is 0 Å². The molecule has 1 N–H and O–H groups in total. The van der Waals surface area contributed by atoms with Gasteiger partial charge in [0.1, 0.15) is 24.1 Å². The number of piperazine rings is 1. The first-order valence-corrected chi connectivity index (χ1v) is 14.0. The summed E-state index contributed by atoms with van der Waals surface area (Å²) in [6, 6.07) is 15.7. The summed E-state index contributed by atoms with van der Waals surface area (Å²) in [7, 11) is 0. The Morgan fingerprint density at radius 1 is 0.974 bits per heavy atom. The number of anilines is 2. The Labute approximate surface area is 230 Å². The van der Waals surface area contributed by atoms with Gasteiger partial charge in [-0.2, -0.15) is 0 Å². The molecule has 7 heteroatoms. The van der Waals surface area contributed by atoms with Crippen molar-refractivity contribution in [3.63, 3.8) is 0 Å². The first-order valence-electron chi connectivity index (χ1n) is 13.6. The van der Waals surface area contributed by atoms with Crippen LogP contribution in [0.3, 0.4) is 0 Å². The summed E-state index contributed by atoms with van der Waals surface area (Å²) < 4.78 is 15.0. The Kier molecular flexibility index (Phi) is 7.47. The number of halogens is 2. The van der Waals surface area contributed by atoms with E-state index in [0.29, 0.717) is 40.8 Å². The predicted molar refractivity (Wildman–Crippen MR) is 156 cm³/mol. The highest BCUT2D eigenvalue weighted by molar-refractivity contribution is 6.33. The van der Waals surface area contributed by atoms with Crippen LogP contribution in [0.4, 0.5) is 15.9 Å². The zero-order valence-electron chi connectivity index (χ0n) is 23.1. The molecule has 0 amide bonds. The number of hydrogen-bond acceptors (Lipinski definition) is 5. The number of fused-ring (bicyclic) bond motifs is 1. The quantitative estimate of drug-likeness (QED) is 0.381. The summed E-state index contributed by atoms with van der Waals surface area (Å²) in [5, 5.41) is 3.97. The average Bonchev–Trinajstić information content (AvgIpc) is 2.89. The van der Waals surface area contributed by atoms with Crippen molar-refractivity contribution in [3.05, 3.63) is 76.1 Å². The fourth-order valence-corrected chi connectivity index (χ4v) is 5.80. The smallest absolute Gasteiger partial charge is 0.146 e. The molecule has 1 saturated heterocycles. The Balaban J connectivity index is 1.75. The lowest BCUT2D eigenvalue weighted by Crippen LogP contribution is -2.57. The number of amidine groups is 1. The lowest BCUT2D eigenvalue weighted by molar-refractivity contribution is 0.234. The molecule has 3 heterocycles. The van der Waals surface area contributed by atoms with E-state index in [9.17, 15) is 4.39 Å². The second kappa shape index (κ2) is 10.7. The molecule has 1 fully saturated rings. The van der Waals surface area contributed by atoms with E-state index in [-0.39, 0.29) is 11.9 Å². The highest BCUT2D eigenvalue weighted by atomic mass is 35.5. The third-order valence-corrected chi connectivity index (χ3v) is 7.88. The summed E-state index contributed by atoms with van der Waals surface area (Å²) in [4.78, 5) is 14.9. The van der Waals surface area contributed by atoms with Crippen molar-refractivity contribution < 1.29 is 4.39 Å². The molecule has 2 atom stereocenters. The molecule has 0 bridgehead atoms. The van der Waals surface area contributed by atoms with Crippen LogP contribution in [0.15, 0.2) is 53.5 Å². The molecule has 0 radical (unpaired) electrons. The summed E-state index contributed by atoms with van der Waals surface area (Å²) in [5.74, 6) is 1.95. The molecule has 2 aliphatic rings. The number of aromatic nitrogens is 1. The maximum absolute atomic E-state index is 15.0. The molecule has 2 aromatic carbocycles. The molecule has 200 valence electrons. The van der Waals surface area contributed by atoms with Gasteiger partial charge in [0.05, 0.1) is 22.0 Å². The van der Waals surface area contributed by atoms with Gasteiger partial charge in [0.15, 0.2) is 0 Å². The lowest BCUT2D eigenvalue weighted by atomic mass is 9.91. The highest BCUT2D eigenvalue weighted by Gasteiger charge is 2.34. The van der Waals surface area contributed by atoms with E-state index < -0.39 is 0 Å². The number of rotatable bonds is 4. The summed E-state index contributed by atoms with van der Waals surface area (Å²) in [6.07, 6.45) is 0. The molecule has 1 aromatic heterocycles. The van der Waals surface area contributed by atoms with Crippen LogP contribution in [-0.4, -0.2) is 47.6 Å². The van der Waals surface area contributed by atoms with E-state index in [0.717, 1.165) is 36.0 Å². The molecule has 2 aliphatic heterocycles. The van der Waals surface area contributed by atoms with Gasteiger partial charge >= 0.3 is 0 Å². The number of hydrogen-bond donors (Lipinski definition) is 1. The van der Waals surface area contributed by atoms with Crippen LogP contribution >= 0.6 is 11.6 Å². The number of nitrogens with zero attached hydrogens (tertiary/aromatic N) is 4. The second-order valence-electron chi connectivity index (χ2n) is 11.1. The Morgan fingerprint density at radius 2 is 1.66 bits per heavy atom. The van der Waals surface area contributed by atoms with Crippen LogP contribution in [-0.2, 0) is 0 Å². The normalized spacial score (nSPS) is 19.7.